The normalized spacial score (nSPS) is 16.4. The highest BCUT2D eigenvalue weighted by atomic mass is 16.5. The fourth-order valence-corrected chi connectivity index (χ4v) is 2.48. The van der Waals surface area contributed by atoms with E-state index in [2.05, 4.69) is 4.90 Å². The van der Waals surface area contributed by atoms with Crippen molar-refractivity contribution in [3.63, 3.8) is 0 Å². The van der Waals surface area contributed by atoms with Gasteiger partial charge in [-0.05, 0) is 31.0 Å². The Labute approximate surface area is 118 Å². The third kappa shape index (κ3) is 3.40. The van der Waals surface area contributed by atoms with E-state index in [9.17, 15) is 4.79 Å². The van der Waals surface area contributed by atoms with Crippen LogP contribution in [0.4, 0.5) is 11.4 Å². The van der Waals surface area contributed by atoms with Gasteiger partial charge in [-0.25, -0.2) is 0 Å². The zero-order chi connectivity index (χ0) is 14.5. The molecule has 0 unspecified atom stereocenters. The Morgan fingerprint density at radius 3 is 2.65 bits per heavy atom. The third-order valence-electron chi connectivity index (χ3n) is 3.54. The topological polar surface area (TPSA) is 102 Å². The van der Waals surface area contributed by atoms with Crippen LogP contribution in [0.1, 0.15) is 23.2 Å². The molecule has 6 heteroatoms. The Morgan fingerprint density at radius 1 is 1.40 bits per heavy atom. The smallest absolute Gasteiger partial charge is 0.248 e. The molecule has 1 heterocycles. The van der Waals surface area contributed by atoms with Crippen LogP contribution in [0.5, 0.6) is 0 Å². The predicted molar refractivity (Wildman–Crippen MR) is 77.6 cm³/mol. The molecule has 0 atom stereocenters. The van der Waals surface area contributed by atoms with Crippen molar-refractivity contribution in [3.05, 3.63) is 23.8 Å². The van der Waals surface area contributed by atoms with Crippen LogP contribution in [0, 0.1) is 0 Å². The zero-order valence-electron chi connectivity index (χ0n) is 11.4. The fourth-order valence-electron chi connectivity index (χ4n) is 2.48. The maximum absolute atomic E-state index is 11.1. The van der Waals surface area contributed by atoms with Gasteiger partial charge in [0, 0.05) is 18.7 Å². The molecule has 1 aliphatic rings. The van der Waals surface area contributed by atoms with Crippen molar-refractivity contribution in [3.8, 4) is 0 Å². The van der Waals surface area contributed by atoms with Crippen LogP contribution in [0.15, 0.2) is 18.2 Å². The molecule has 1 aromatic rings. The standard InChI is InChI=1S/C14H21N3O3/c15-12-9-10(14(16)19)1-2-13(12)17-5-3-11(4-6-17)20-8-7-18/h1-2,9,11,18H,3-8,15H2,(H2,16,19). The summed E-state index contributed by atoms with van der Waals surface area (Å²) in [4.78, 5) is 13.3. The number of piperidine rings is 1. The second-order valence-electron chi connectivity index (χ2n) is 4.92. The number of aliphatic hydroxyl groups excluding tert-OH is 1. The van der Waals surface area contributed by atoms with Crippen molar-refractivity contribution >= 4 is 17.3 Å². The Balaban J connectivity index is 1.98. The van der Waals surface area contributed by atoms with Crippen molar-refractivity contribution in [2.24, 2.45) is 5.73 Å². The summed E-state index contributed by atoms with van der Waals surface area (Å²) in [6.07, 6.45) is 2.00. The minimum Gasteiger partial charge on any atom is -0.397 e. The molecule has 5 N–H and O–H groups in total. The Kier molecular flexibility index (Phi) is 4.81. The monoisotopic (exact) mass is 279 g/mol. The lowest BCUT2D eigenvalue weighted by molar-refractivity contribution is 0.0159. The van der Waals surface area contributed by atoms with E-state index in [0.29, 0.717) is 17.9 Å². The van der Waals surface area contributed by atoms with Crippen LogP contribution >= 0.6 is 0 Å². The average molecular weight is 279 g/mol. The van der Waals surface area contributed by atoms with Gasteiger partial charge in [-0.3, -0.25) is 4.79 Å². The summed E-state index contributed by atoms with van der Waals surface area (Å²) in [5, 5.41) is 8.74. The molecular formula is C14H21N3O3. The molecule has 0 radical (unpaired) electrons. The summed E-state index contributed by atoms with van der Waals surface area (Å²) in [6.45, 7) is 2.13. The van der Waals surface area contributed by atoms with Gasteiger partial charge in [0.25, 0.3) is 0 Å². The maximum Gasteiger partial charge on any atom is 0.248 e. The number of hydrogen-bond acceptors (Lipinski definition) is 5. The van der Waals surface area contributed by atoms with Gasteiger partial charge in [-0.2, -0.15) is 0 Å². The lowest BCUT2D eigenvalue weighted by Gasteiger charge is -2.34. The van der Waals surface area contributed by atoms with E-state index in [0.717, 1.165) is 31.6 Å². The number of carbonyl (C=O) groups is 1. The second-order valence-corrected chi connectivity index (χ2v) is 4.92. The van der Waals surface area contributed by atoms with E-state index in [-0.39, 0.29) is 12.7 Å². The number of primary amides is 1. The van der Waals surface area contributed by atoms with Crippen molar-refractivity contribution in [1.82, 2.24) is 0 Å². The minimum absolute atomic E-state index is 0.0573. The number of carbonyl (C=O) groups excluding carboxylic acids is 1. The third-order valence-corrected chi connectivity index (χ3v) is 3.54. The number of rotatable bonds is 5. The van der Waals surface area contributed by atoms with E-state index in [4.69, 9.17) is 21.3 Å². The summed E-state index contributed by atoms with van der Waals surface area (Å²) in [7, 11) is 0. The van der Waals surface area contributed by atoms with E-state index < -0.39 is 5.91 Å². The molecule has 1 amide bonds. The molecule has 1 saturated heterocycles. The first-order valence-corrected chi connectivity index (χ1v) is 6.78. The summed E-state index contributed by atoms with van der Waals surface area (Å²) in [6, 6.07) is 5.15. The number of amides is 1. The fraction of sp³-hybridized carbons (Fsp3) is 0.500. The highest BCUT2D eigenvalue weighted by Gasteiger charge is 2.21. The summed E-state index contributed by atoms with van der Waals surface area (Å²) in [5.74, 6) is -0.473. The van der Waals surface area contributed by atoms with Crippen molar-refractivity contribution in [1.29, 1.82) is 0 Å². The van der Waals surface area contributed by atoms with Gasteiger partial charge in [-0.1, -0.05) is 0 Å². The number of nitrogens with two attached hydrogens (primary N) is 2. The van der Waals surface area contributed by atoms with Gasteiger partial charge in [0.15, 0.2) is 0 Å². The van der Waals surface area contributed by atoms with Crippen molar-refractivity contribution in [2.45, 2.75) is 18.9 Å². The zero-order valence-corrected chi connectivity index (χ0v) is 11.4. The first kappa shape index (κ1) is 14.6. The SMILES string of the molecule is NC(=O)c1ccc(N2CCC(OCCO)CC2)c(N)c1. The Morgan fingerprint density at radius 2 is 2.10 bits per heavy atom. The average Bonchev–Trinajstić information content (AvgIpc) is 2.45. The number of ether oxygens (including phenoxy) is 1. The Bertz CT molecular complexity index is 471. The molecule has 20 heavy (non-hydrogen) atoms. The Hall–Kier alpha value is -1.79. The van der Waals surface area contributed by atoms with Crippen LogP contribution in [-0.4, -0.2) is 43.4 Å². The minimum atomic E-state index is -0.473. The molecule has 2 rings (SSSR count). The molecule has 1 aliphatic heterocycles. The molecular weight excluding hydrogens is 258 g/mol. The van der Waals surface area contributed by atoms with Crippen LogP contribution in [0.3, 0.4) is 0 Å². The van der Waals surface area contributed by atoms with Crippen LogP contribution in [0.25, 0.3) is 0 Å². The molecule has 0 spiro atoms. The van der Waals surface area contributed by atoms with Gasteiger partial charge >= 0.3 is 0 Å². The predicted octanol–water partition coefficient (Wildman–Crippen LogP) is 0.345. The first-order valence-electron chi connectivity index (χ1n) is 6.78. The molecule has 0 aliphatic carbocycles. The number of benzene rings is 1. The van der Waals surface area contributed by atoms with Crippen LogP contribution in [0.2, 0.25) is 0 Å². The first-order chi connectivity index (χ1) is 9.61. The molecule has 0 saturated carbocycles. The van der Waals surface area contributed by atoms with Gasteiger partial charge in [0.05, 0.1) is 30.7 Å². The van der Waals surface area contributed by atoms with Gasteiger partial charge < -0.3 is 26.2 Å². The van der Waals surface area contributed by atoms with Crippen molar-refractivity contribution in [2.75, 3.05) is 36.9 Å². The largest absolute Gasteiger partial charge is 0.397 e. The maximum atomic E-state index is 11.1. The molecule has 1 aromatic carbocycles. The van der Waals surface area contributed by atoms with E-state index in [1.807, 2.05) is 6.07 Å². The molecule has 0 aromatic heterocycles. The highest BCUT2D eigenvalue weighted by molar-refractivity contribution is 5.94. The van der Waals surface area contributed by atoms with Gasteiger partial charge in [0.1, 0.15) is 0 Å². The lowest BCUT2D eigenvalue weighted by Crippen LogP contribution is -2.37. The number of nitrogens with zero attached hydrogens (tertiary/aromatic N) is 1. The molecule has 6 nitrogen and oxygen atoms in total. The summed E-state index contributed by atoms with van der Waals surface area (Å²) in [5.41, 5.74) is 13.1. The van der Waals surface area contributed by atoms with E-state index in [1.165, 1.54) is 0 Å². The number of nitrogen functional groups attached to an aromatic ring is 1. The second kappa shape index (κ2) is 6.58. The summed E-state index contributed by atoms with van der Waals surface area (Å²) < 4.78 is 5.53. The quantitative estimate of drug-likeness (QED) is 0.675. The molecule has 110 valence electrons. The number of hydrogen-bond donors (Lipinski definition) is 3. The van der Waals surface area contributed by atoms with E-state index in [1.54, 1.807) is 12.1 Å². The molecule has 1 fully saturated rings. The van der Waals surface area contributed by atoms with E-state index >= 15 is 0 Å². The van der Waals surface area contributed by atoms with Crippen LogP contribution < -0.4 is 16.4 Å². The number of aliphatic hydroxyl groups is 1. The lowest BCUT2D eigenvalue weighted by atomic mass is 10.1. The highest BCUT2D eigenvalue weighted by Crippen LogP contribution is 2.27. The van der Waals surface area contributed by atoms with Gasteiger partial charge in [0.2, 0.25) is 5.91 Å². The van der Waals surface area contributed by atoms with Crippen LogP contribution in [-0.2, 0) is 4.74 Å². The number of anilines is 2. The van der Waals surface area contributed by atoms with Crippen molar-refractivity contribution < 1.29 is 14.6 Å². The van der Waals surface area contributed by atoms with Gasteiger partial charge in [-0.15, -0.1) is 0 Å². The molecule has 0 bridgehead atoms. The summed E-state index contributed by atoms with van der Waals surface area (Å²) >= 11 is 0.